The Balaban J connectivity index is 1.50. The van der Waals surface area contributed by atoms with Crippen LogP contribution in [0, 0.1) is 0 Å². The summed E-state index contributed by atoms with van der Waals surface area (Å²) in [5.74, 6) is 2.07. The van der Waals surface area contributed by atoms with Crippen molar-refractivity contribution >= 4 is 10.0 Å². The number of hydrogen-bond acceptors (Lipinski definition) is 5. The zero-order valence-electron chi connectivity index (χ0n) is 14.7. The van der Waals surface area contributed by atoms with Gasteiger partial charge >= 0.3 is 0 Å². The number of aryl methyl sites for hydroxylation is 1. The molecule has 0 spiro atoms. The molecule has 0 saturated carbocycles. The van der Waals surface area contributed by atoms with Crippen molar-refractivity contribution in [3.05, 3.63) is 47.5 Å². The summed E-state index contributed by atoms with van der Waals surface area (Å²) in [7, 11) is -3.61. The van der Waals surface area contributed by atoms with E-state index in [9.17, 15) is 8.42 Å². The molecule has 0 saturated heterocycles. The Morgan fingerprint density at radius 2 is 1.81 bits per heavy atom. The minimum absolute atomic E-state index is 0.180. The van der Waals surface area contributed by atoms with E-state index in [1.165, 1.54) is 0 Å². The lowest BCUT2D eigenvalue weighted by atomic mass is 9.94. The van der Waals surface area contributed by atoms with Gasteiger partial charge in [-0.25, -0.2) is 13.1 Å². The maximum atomic E-state index is 12.6. The highest BCUT2D eigenvalue weighted by molar-refractivity contribution is 7.89. The highest BCUT2D eigenvalue weighted by Crippen LogP contribution is 2.35. The minimum Gasteiger partial charge on any atom is -0.488 e. The van der Waals surface area contributed by atoms with Gasteiger partial charge in [0.15, 0.2) is 11.5 Å². The van der Waals surface area contributed by atoms with Crippen molar-refractivity contribution in [2.45, 2.75) is 43.7 Å². The van der Waals surface area contributed by atoms with E-state index < -0.39 is 10.0 Å². The molecule has 138 valence electrons. The first-order valence-electron chi connectivity index (χ1n) is 8.53. The monoisotopic (exact) mass is 375 g/mol. The third-order valence-electron chi connectivity index (χ3n) is 4.63. The minimum atomic E-state index is -3.61. The van der Waals surface area contributed by atoms with Gasteiger partial charge < -0.3 is 14.2 Å². The fourth-order valence-corrected chi connectivity index (χ4v) is 4.18. The summed E-state index contributed by atoms with van der Waals surface area (Å²) in [6, 6.07) is 10.4. The maximum absolute atomic E-state index is 12.6. The first kappa shape index (κ1) is 17.2. The zero-order valence-corrected chi connectivity index (χ0v) is 15.6. The molecule has 2 aliphatic heterocycles. The number of nitrogens with one attached hydrogen (secondary N) is 1. The van der Waals surface area contributed by atoms with Crippen LogP contribution in [0.15, 0.2) is 41.3 Å². The topological polar surface area (TPSA) is 73.9 Å². The molecule has 26 heavy (non-hydrogen) atoms. The lowest BCUT2D eigenvalue weighted by Crippen LogP contribution is -2.32. The van der Waals surface area contributed by atoms with Crippen LogP contribution >= 0.6 is 0 Å². The number of ether oxygens (including phenoxy) is 3. The van der Waals surface area contributed by atoms with Gasteiger partial charge in [-0.3, -0.25) is 0 Å². The molecule has 6 nitrogen and oxygen atoms in total. The van der Waals surface area contributed by atoms with Crippen molar-refractivity contribution in [3.8, 4) is 17.2 Å². The molecule has 2 aliphatic rings. The van der Waals surface area contributed by atoms with Crippen LogP contribution in [-0.4, -0.2) is 20.8 Å². The van der Waals surface area contributed by atoms with Gasteiger partial charge in [-0.05, 0) is 68.1 Å². The third kappa shape index (κ3) is 3.37. The third-order valence-corrected chi connectivity index (χ3v) is 6.03. The van der Waals surface area contributed by atoms with E-state index in [2.05, 4.69) is 4.72 Å². The Labute approximate surface area is 153 Å². The summed E-state index contributed by atoms with van der Waals surface area (Å²) in [6.07, 6.45) is 1.65. The lowest BCUT2D eigenvalue weighted by molar-refractivity contribution is 0.0845. The Morgan fingerprint density at radius 1 is 1.04 bits per heavy atom. The Bertz CT molecular complexity index is 952. The van der Waals surface area contributed by atoms with E-state index in [0.29, 0.717) is 11.5 Å². The predicted molar refractivity (Wildman–Crippen MR) is 96.1 cm³/mol. The molecule has 0 atom stereocenters. The van der Waals surface area contributed by atoms with Crippen LogP contribution < -0.4 is 18.9 Å². The molecule has 0 bridgehead atoms. The fourth-order valence-electron chi connectivity index (χ4n) is 3.11. The molecule has 2 heterocycles. The van der Waals surface area contributed by atoms with Gasteiger partial charge in [-0.1, -0.05) is 6.07 Å². The summed E-state index contributed by atoms with van der Waals surface area (Å²) in [6.45, 7) is 4.44. The van der Waals surface area contributed by atoms with Crippen molar-refractivity contribution < 1.29 is 22.6 Å². The second-order valence-corrected chi connectivity index (χ2v) is 8.91. The van der Waals surface area contributed by atoms with Crippen molar-refractivity contribution in [3.63, 3.8) is 0 Å². The van der Waals surface area contributed by atoms with Crippen molar-refractivity contribution in [2.24, 2.45) is 0 Å². The first-order chi connectivity index (χ1) is 12.3. The predicted octanol–water partition coefficient (Wildman–Crippen LogP) is 3.00. The molecule has 1 N–H and O–H groups in total. The Morgan fingerprint density at radius 3 is 2.65 bits per heavy atom. The van der Waals surface area contributed by atoms with Crippen LogP contribution in [0.5, 0.6) is 17.2 Å². The van der Waals surface area contributed by atoms with Crippen molar-refractivity contribution in [1.82, 2.24) is 4.72 Å². The van der Waals surface area contributed by atoms with Gasteiger partial charge in [0.2, 0.25) is 16.8 Å². The number of hydrogen-bond donors (Lipinski definition) is 1. The van der Waals surface area contributed by atoms with Gasteiger partial charge in [-0.15, -0.1) is 0 Å². The standard InChI is InChI=1S/C19H21NO5S/c1-19(2)8-7-14-10-15(4-6-16(14)25-19)26(21,22)20-11-13-3-5-17-18(9-13)24-12-23-17/h3-6,9-10,20H,7-8,11-12H2,1-2H3. The first-order valence-corrected chi connectivity index (χ1v) is 10.0. The maximum Gasteiger partial charge on any atom is 0.240 e. The largest absolute Gasteiger partial charge is 0.488 e. The number of fused-ring (bicyclic) bond motifs is 2. The van der Waals surface area contributed by atoms with Crippen molar-refractivity contribution in [2.75, 3.05) is 6.79 Å². The summed E-state index contributed by atoms with van der Waals surface area (Å²) in [5.41, 5.74) is 1.52. The SMILES string of the molecule is CC1(C)CCc2cc(S(=O)(=O)NCc3ccc4c(c3)OCO4)ccc2O1. The summed E-state index contributed by atoms with van der Waals surface area (Å²) < 4.78 is 44.4. The normalized spacial score (nSPS) is 17.5. The number of rotatable bonds is 4. The Hall–Kier alpha value is -2.25. The molecular weight excluding hydrogens is 354 g/mol. The Kier molecular flexibility index (Phi) is 4.08. The lowest BCUT2D eigenvalue weighted by Gasteiger charge is -2.32. The molecule has 0 unspecified atom stereocenters. The summed E-state index contributed by atoms with van der Waals surface area (Å²) in [5, 5.41) is 0. The van der Waals surface area contributed by atoms with Crippen molar-refractivity contribution in [1.29, 1.82) is 0 Å². The van der Waals surface area contributed by atoms with Crippen LogP contribution in [-0.2, 0) is 23.0 Å². The van der Waals surface area contributed by atoms with E-state index in [1.54, 1.807) is 30.3 Å². The van der Waals surface area contributed by atoms with E-state index in [4.69, 9.17) is 14.2 Å². The molecular formula is C19H21NO5S. The van der Waals surface area contributed by atoms with Crippen LogP contribution in [0.2, 0.25) is 0 Å². The molecule has 0 radical (unpaired) electrons. The van der Waals surface area contributed by atoms with Gasteiger partial charge in [0.1, 0.15) is 11.4 Å². The van der Waals surface area contributed by atoms with Gasteiger partial charge in [0, 0.05) is 6.54 Å². The van der Waals surface area contributed by atoms with E-state index in [1.807, 2.05) is 19.9 Å². The summed E-state index contributed by atoms with van der Waals surface area (Å²) in [4.78, 5) is 0.250. The highest BCUT2D eigenvalue weighted by Gasteiger charge is 2.27. The molecule has 2 aromatic carbocycles. The number of sulfonamides is 1. The summed E-state index contributed by atoms with van der Waals surface area (Å²) >= 11 is 0. The van der Waals surface area contributed by atoms with Crippen LogP contribution in [0.1, 0.15) is 31.4 Å². The van der Waals surface area contributed by atoms with E-state index >= 15 is 0 Å². The molecule has 0 fully saturated rings. The van der Waals surface area contributed by atoms with Crippen LogP contribution in [0.3, 0.4) is 0 Å². The van der Waals surface area contributed by atoms with Crippen LogP contribution in [0.25, 0.3) is 0 Å². The van der Waals surface area contributed by atoms with Gasteiger partial charge in [0.05, 0.1) is 4.90 Å². The quantitative estimate of drug-likeness (QED) is 0.889. The van der Waals surface area contributed by atoms with Crippen LogP contribution in [0.4, 0.5) is 0 Å². The molecule has 0 aromatic heterocycles. The highest BCUT2D eigenvalue weighted by atomic mass is 32.2. The molecule has 0 aliphatic carbocycles. The molecule has 7 heteroatoms. The molecule has 4 rings (SSSR count). The number of benzene rings is 2. The average Bonchev–Trinajstić information content (AvgIpc) is 3.06. The smallest absolute Gasteiger partial charge is 0.240 e. The van der Waals surface area contributed by atoms with Gasteiger partial charge in [0.25, 0.3) is 0 Å². The zero-order chi connectivity index (χ0) is 18.4. The van der Waals surface area contributed by atoms with E-state index in [-0.39, 0.29) is 23.8 Å². The fraction of sp³-hybridized carbons (Fsp3) is 0.368. The second kappa shape index (κ2) is 6.17. The second-order valence-electron chi connectivity index (χ2n) is 7.14. The van der Waals surface area contributed by atoms with Gasteiger partial charge in [-0.2, -0.15) is 0 Å². The molecule has 2 aromatic rings. The van der Waals surface area contributed by atoms with E-state index in [0.717, 1.165) is 29.7 Å². The molecule has 0 amide bonds. The average molecular weight is 375 g/mol.